The van der Waals surface area contributed by atoms with Crippen molar-refractivity contribution in [2.75, 3.05) is 12.4 Å². The number of aryl methyl sites for hydroxylation is 1. The minimum atomic E-state index is -0.475. The molecule has 0 aliphatic carbocycles. The molecule has 0 atom stereocenters. The fraction of sp³-hybridized carbons (Fsp3) is 0.133. The smallest absolute Gasteiger partial charge is 0.266 e. The molecule has 1 aromatic heterocycles. The number of anilines is 1. The van der Waals surface area contributed by atoms with E-state index < -0.39 is 5.91 Å². The zero-order chi connectivity index (χ0) is 26.4. The minimum absolute atomic E-state index is 0.0133. The fourth-order valence-corrected chi connectivity index (χ4v) is 4.17. The van der Waals surface area contributed by atoms with Crippen LogP contribution in [0.25, 0.3) is 11.8 Å². The van der Waals surface area contributed by atoms with Gasteiger partial charge in [-0.25, -0.2) is 0 Å². The number of rotatable bonds is 8. The quantitative estimate of drug-likeness (QED) is 0.206. The number of ether oxygens (including phenoxy) is 2. The lowest BCUT2D eigenvalue weighted by Crippen LogP contribution is -2.13. The van der Waals surface area contributed by atoms with Gasteiger partial charge in [0.1, 0.15) is 29.7 Å². The highest BCUT2D eigenvalue weighted by Gasteiger charge is 2.14. The van der Waals surface area contributed by atoms with Gasteiger partial charge in [0.2, 0.25) is 0 Å². The second-order valence-electron chi connectivity index (χ2n) is 8.39. The van der Waals surface area contributed by atoms with Gasteiger partial charge in [-0.2, -0.15) is 5.26 Å². The van der Waals surface area contributed by atoms with Crippen LogP contribution in [-0.2, 0) is 11.4 Å². The van der Waals surface area contributed by atoms with Crippen molar-refractivity contribution in [1.82, 2.24) is 4.57 Å². The molecule has 0 saturated heterocycles. The van der Waals surface area contributed by atoms with E-state index in [1.54, 1.807) is 37.5 Å². The number of halogens is 1. The van der Waals surface area contributed by atoms with Gasteiger partial charge < -0.3 is 19.4 Å². The molecule has 7 heteroatoms. The van der Waals surface area contributed by atoms with Crippen molar-refractivity contribution in [3.63, 3.8) is 0 Å². The predicted octanol–water partition coefficient (Wildman–Crippen LogP) is 6.88. The number of hydrogen-bond donors (Lipinski definition) is 1. The summed E-state index contributed by atoms with van der Waals surface area (Å²) in [6, 6.07) is 26.2. The number of nitrogens with zero attached hydrogens (tertiary/aromatic N) is 2. The number of hydrogen-bond acceptors (Lipinski definition) is 4. The summed E-state index contributed by atoms with van der Waals surface area (Å²) >= 11 is 6.21. The Morgan fingerprint density at radius 1 is 1.03 bits per heavy atom. The maximum absolute atomic E-state index is 12.7. The van der Waals surface area contributed by atoms with E-state index in [0.29, 0.717) is 23.1 Å². The number of carbonyl (C=O) groups excluding carboxylic acids is 1. The van der Waals surface area contributed by atoms with Gasteiger partial charge >= 0.3 is 0 Å². The standard InChI is InChI=1S/C30H26ClN3O3/c1-20-16-23(17-24(18-32)30(35)33-25-8-12-27(36-3)13-9-25)21(2)34(20)26-10-14-28(15-11-26)37-19-22-6-4-5-7-29(22)31/h4-17H,19H2,1-3H3,(H,33,35)/b24-17+. The topological polar surface area (TPSA) is 76.3 Å². The van der Waals surface area contributed by atoms with E-state index in [1.165, 1.54) is 0 Å². The summed E-state index contributed by atoms with van der Waals surface area (Å²) in [5, 5.41) is 13.1. The second-order valence-corrected chi connectivity index (χ2v) is 8.80. The number of amides is 1. The van der Waals surface area contributed by atoms with Crippen molar-refractivity contribution in [2.24, 2.45) is 0 Å². The van der Waals surface area contributed by atoms with Crippen LogP contribution >= 0.6 is 11.6 Å². The highest BCUT2D eigenvalue weighted by Crippen LogP contribution is 2.26. The fourth-order valence-electron chi connectivity index (χ4n) is 3.98. The molecule has 0 fully saturated rings. The third-order valence-electron chi connectivity index (χ3n) is 5.93. The summed E-state index contributed by atoms with van der Waals surface area (Å²) < 4.78 is 13.1. The van der Waals surface area contributed by atoms with Crippen molar-refractivity contribution >= 4 is 29.3 Å². The molecular weight excluding hydrogens is 486 g/mol. The molecule has 1 amide bonds. The number of aromatic nitrogens is 1. The first kappa shape index (κ1) is 25.6. The van der Waals surface area contributed by atoms with E-state index in [4.69, 9.17) is 21.1 Å². The van der Waals surface area contributed by atoms with Gasteiger partial charge in [0.05, 0.1) is 7.11 Å². The van der Waals surface area contributed by atoms with E-state index in [9.17, 15) is 10.1 Å². The van der Waals surface area contributed by atoms with Gasteiger partial charge in [-0.15, -0.1) is 0 Å². The first-order valence-corrected chi connectivity index (χ1v) is 12.0. The lowest BCUT2D eigenvalue weighted by molar-refractivity contribution is -0.112. The van der Waals surface area contributed by atoms with E-state index in [0.717, 1.165) is 34.0 Å². The van der Waals surface area contributed by atoms with Crippen LogP contribution in [-0.4, -0.2) is 17.6 Å². The monoisotopic (exact) mass is 511 g/mol. The van der Waals surface area contributed by atoms with Gasteiger partial charge in [0.15, 0.2) is 0 Å². The molecule has 3 aromatic carbocycles. The molecule has 6 nitrogen and oxygen atoms in total. The van der Waals surface area contributed by atoms with Gasteiger partial charge in [-0.1, -0.05) is 29.8 Å². The average Bonchev–Trinajstić information content (AvgIpc) is 3.19. The average molecular weight is 512 g/mol. The van der Waals surface area contributed by atoms with Crippen molar-refractivity contribution < 1.29 is 14.3 Å². The molecule has 0 spiro atoms. The summed E-state index contributed by atoms with van der Waals surface area (Å²) in [5.41, 5.74) is 5.13. The Labute approximate surface area is 221 Å². The Morgan fingerprint density at radius 2 is 1.70 bits per heavy atom. The third-order valence-corrected chi connectivity index (χ3v) is 6.30. The van der Waals surface area contributed by atoms with Crippen LogP contribution in [0.5, 0.6) is 11.5 Å². The van der Waals surface area contributed by atoms with Crippen LogP contribution in [0.1, 0.15) is 22.5 Å². The SMILES string of the molecule is COc1ccc(NC(=O)/C(C#N)=C/c2cc(C)n(-c3ccc(OCc4ccccc4Cl)cc3)c2C)cc1. The number of carbonyl (C=O) groups is 1. The molecule has 1 heterocycles. The minimum Gasteiger partial charge on any atom is -0.497 e. The zero-order valence-corrected chi connectivity index (χ0v) is 21.5. The molecule has 0 radical (unpaired) electrons. The highest BCUT2D eigenvalue weighted by molar-refractivity contribution is 6.31. The molecule has 4 aromatic rings. The first-order valence-electron chi connectivity index (χ1n) is 11.6. The lowest BCUT2D eigenvalue weighted by atomic mass is 10.1. The summed E-state index contributed by atoms with van der Waals surface area (Å²) in [6.07, 6.45) is 1.61. The molecule has 0 bridgehead atoms. The molecular formula is C30H26ClN3O3. The summed E-state index contributed by atoms with van der Waals surface area (Å²) in [5.74, 6) is 0.937. The van der Waals surface area contributed by atoms with Crippen molar-refractivity contribution in [2.45, 2.75) is 20.5 Å². The van der Waals surface area contributed by atoms with E-state index in [1.807, 2.05) is 74.5 Å². The predicted molar refractivity (Wildman–Crippen MR) is 146 cm³/mol. The summed E-state index contributed by atoms with van der Waals surface area (Å²) in [7, 11) is 1.57. The van der Waals surface area contributed by atoms with Crippen LogP contribution in [0.3, 0.4) is 0 Å². The van der Waals surface area contributed by atoms with Crippen molar-refractivity contribution in [3.8, 4) is 23.3 Å². The summed E-state index contributed by atoms with van der Waals surface area (Å²) in [4.78, 5) is 12.7. The zero-order valence-electron chi connectivity index (χ0n) is 20.8. The molecule has 1 N–H and O–H groups in total. The second kappa shape index (κ2) is 11.5. The van der Waals surface area contributed by atoms with E-state index in [2.05, 4.69) is 9.88 Å². The molecule has 0 saturated carbocycles. The Kier molecular flexibility index (Phi) is 7.97. The molecule has 37 heavy (non-hydrogen) atoms. The van der Waals surface area contributed by atoms with E-state index >= 15 is 0 Å². The van der Waals surface area contributed by atoms with Crippen LogP contribution in [0.15, 0.2) is 84.4 Å². The Morgan fingerprint density at radius 3 is 2.35 bits per heavy atom. The Bertz CT molecular complexity index is 1480. The summed E-state index contributed by atoms with van der Waals surface area (Å²) in [6.45, 7) is 4.32. The van der Waals surface area contributed by atoms with Crippen LogP contribution in [0.4, 0.5) is 5.69 Å². The third kappa shape index (κ3) is 6.03. The van der Waals surface area contributed by atoms with Crippen LogP contribution in [0.2, 0.25) is 5.02 Å². The molecule has 0 unspecified atom stereocenters. The van der Waals surface area contributed by atoms with Crippen molar-refractivity contribution in [1.29, 1.82) is 5.26 Å². The number of nitriles is 1. The van der Waals surface area contributed by atoms with Gasteiger partial charge in [-0.05, 0) is 86.2 Å². The highest BCUT2D eigenvalue weighted by atomic mass is 35.5. The normalized spacial score (nSPS) is 11.1. The molecule has 0 aliphatic heterocycles. The molecule has 186 valence electrons. The molecule has 4 rings (SSSR count). The maximum Gasteiger partial charge on any atom is 0.266 e. The first-order chi connectivity index (χ1) is 17.9. The van der Waals surface area contributed by atoms with Crippen LogP contribution < -0.4 is 14.8 Å². The number of benzene rings is 3. The number of nitrogens with one attached hydrogen (secondary N) is 1. The Balaban J connectivity index is 1.50. The van der Waals surface area contributed by atoms with Gasteiger partial charge in [-0.3, -0.25) is 4.79 Å². The van der Waals surface area contributed by atoms with Crippen LogP contribution in [0, 0.1) is 25.2 Å². The largest absolute Gasteiger partial charge is 0.497 e. The number of methoxy groups -OCH3 is 1. The molecule has 0 aliphatic rings. The van der Waals surface area contributed by atoms with Gasteiger partial charge in [0, 0.05) is 33.3 Å². The lowest BCUT2D eigenvalue weighted by Gasteiger charge is -2.12. The Hall–Kier alpha value is -4.47. The van der Waals surface area contributed by atoms with Crippen molar-refractivity contribution in [3.05, 3.63) is 112 Å². The van der Waals surface area contributed by atoms with E-state index in [-0.39, 0.29) is 5.57 Å². The maximum atomic E-state index is 12.7. The van der Waals surface area contributed by atoms with Gasteiger partial charge in [0.25, 0.3) is 5.91 Å².